The van der Waals surface area contributed by atoms with Gasteiger partial charge in [0, 0.05) is 18.6 Å². The summed E-state index contributed by atoms with van der Waals surface area (Å²) >= 11 is 0. The summed E-state index contributed by atoms with van der Waals surface area (Å²) < 4.78 is 0. The molecule has 0 fully saturated rings. The van der Waals surface area contributed by atoms with Crippen molar-refractivity contribution in [3.63, 3.8) is 0 Å². The third kappa shape index (κ3) is 5.80. The highest BCUT2D eigenvalue weighted by atomic mass is 15.2. The van der Waals surface area contributed by atoms with Gasteiger partial charge in [-0.25, -0.2) is 0 Å². The summed E-state index contributed by atoms with van der Waals surface area (Å²) in [6.07, 6.45) is 2.43. The number of benzene rings is 1. The third-order valence-electron chi connectivity index (χ3n) is 4.48. The first kappa shape index (κ1) is 18.2. The molecule has 21 heavy (non-hydrogen) atoms. The van der Waals surface area contributed by atoms with Crippen LogP contribution in [0.15, 0.2) is 30.3 Å². The van der Waals surface area contributed by atoms with Gasteiger partial charge in [0.05, 0.1) is 0 Å². The second-order valence-corrected chi connectivity index (χ2v) is 6.18. The van der Waals surface area contributed by atoms with E-state index in [1.165, 1.54) is 24.9 Å². The monoisotopic (exact) mass is 290 g/mol. The van der Waals surface area contributed by atoms with Gasteiger partial charge in [-0.1, -0.05) is 64.4 Å². The quantitative estimate of drug-likeness (QED) is 0.683. The van der Waals surface area contributed by atoms with Crippen LogP contribution in [0, 0.1) is 5.92 Å². The Kier molecular flexibility index (Phi) is 8.63. The molecule has 0 radical (unpaired) electrons. The lowest BCUT2D eigenvalue weighted by Crippen LogP contribution is -2.44. The molecule has 1 aromatic rings. The van der Waals surface area contributed by atoms with Gasteiger partial charge in [-0.15, -0.1) is 0 Å². The second kappa shape index (κ2) is 9.97. The largest absolute Gasteiger partial charge is 0.309 e. The molecule has 0 spiro atoms. The summed E-state index contributed by atoms with van der Waals surface area (Å²) in [4.78, 5) is 2.62. The van der Waals surface area contributed by atoms with Gasteiger partial charge in [-0.05, 0) is 37.9 Å². The summed E-state index contributed by atoms with van der Waals surface area (Å²) in [6.45, 7) is 14.9. The minimum absolute atomic E-state index is 0.412. The number of likely N-dealkylation sites (N-methyl/N-ethyl adjacent to an activating group) is 1. The maximum absolute atomic E-state index is 3.75. The van der Waals surface area contributed by atoms with Gasteiger partial charge >= 0.3 is 0 Å². The van der Waals surface area contributed by atoms with E-state index in [9.17, 15) is 0 Å². The van der Waals surface area contributed by atoms with Gasteiger partial charge in [0.1, 0.15) is 0 Å². The maximum atomic E-state index is 3.75. The molecular formula is C19H34N2. The Hall–Kier alpha value is -0.860. The number of nitrogens with zero attached hydrogens (tertiary/aromatic N) is 1. The van der Waals surface area contributed by atoms with Crippen LogP contribution in [0.4, 0.5) is 0 Å². The minimum Gasteiger partial charge on any atom is -0.309 e. The van der Waals surface area contributed by atoms with Crippen LogP contribution in [-0.4, -0.2) is 30.6 Å². The molecule has 1 aromatic carbocycles. The van der Waals surface area contributed by atoms with Crippen molar-refractivity contribution in [2.24, 2.45) is 5.92 Å². The molecule has 2 heteroatoms. The van der Waals surface area contributed by atoms with Gasteiger partial charge in [0.15, 0.2) is 0 Å². The first-order valence-corrected chi connectivity index (χ1v) is 8.66. The summed E-state index contributed by atoms with van der Waals surface area (Å²) in [5, 5.41) is 3.75. The second-order valence-electron chi connectivity index (χ2n) is 6.18. The van der Waals surface area contributed by atoms with Crippen molar-refractivity contribution in [1.82, 2.24) is 10.2 Å². The molecule has 1 N–H and O–H groups in total. The van der Waals surface area contributed by atoms with E-state index >= 15 is 0 Å². The summed E-state index contributed by atoms with van der Waals surface area (Å²) in [6, 6.07) is 11.8. The predicted molar refractivity (Wildman–Crippen MR) is 93.6 cm³/mol. The van der Waals surface area contributed by atoms with E-state index in [4.69, 9.17) is 0 Å². The van der Waals surface area contributed by atoms with E-state index in [1.807, 2.05) is 0 Å². The van der Waals surface area contributed by atoms with Gasteiger partial charge in [-0.3, -0.25) is 4.90 Å². The van der Waals surface area contributed by atoms with Gasteiger partial charge in [0.25, 0.3) is 0 Å². The lowest BCUT2D eigenvalue weighted by atomic mass is 9.97. The molecule has 0 heterocycles. The van der Waals surface area contributed by atoms with E-state index in [1.54, 1.807) is 0 Å². The highest BCUT2D eigenvalue weighted by molar-refractivity contribution is 5.20. The predicted octanol–water partition coefficient (Wildman–Crippen LogP) is 4.48. The molecule has 0 aliphatic heterocycles. The lowest BCUT2D eigenvalue weighted by Gasteiger charge is -2.36. The van der Waals surface area contributed by atoms with Crippen LogP contribution in [0.5, 0.6) is 0 Å². The Labute approximate surface area is 131 Å². The van der Waals surface area contributed by atoms with Gasteiger partial charge in [-0.2, -0.15) is 0 Å². The molecule has 0 aliphatic carbocycles. The van der Waals surface area contributed by atoms with Crippen molar-refractivity contribution in [3.05, 3.63) is 35.9 Å². The Morgan fingerprint density at radius 3 is 2.24 bits per heavy atom. The molecule has 0 saturated carbocycles. The van der Waals surface area contributed by atoms with Crippen LogP contribution in [0.3, 0.4) is 0 Å². The zero-order chi connectivity index (χ0) is 15.7. The van der Waals surface area contributed by atoms with Crippen LogP contribution in [0.2, 0.25) is 0 Å². The van der Waals surface area contributed by atoms with Crippen molar-refractivity contribution in [1.29, 1.82) is 0 Å². The number of rotatable bonds is 10. The number of nitrogens with one attached hydrogen (secondary N) is 1. The minimum atomic E-state index is 0.412. The van der Waals surface area contributed by atoms with Crippen molar-refractivity contribution >= 4 is 0 Å². The summed E-state index contributed by atoms with van der Waals surface area (Å²) in [5.41, 5.74) is 1.40. The Morgan fingerprint density at radius 2 is 1.71 bits per heavy atom. The molecule has 3 atom stereocenters. The maximum Gasteiger partial charge on any atom is 0.0475 e. The third-order valence-corrected chi connectivity index (χ3v) is 4.48. The van der Waals surface area contributed by atoms with Crippen LogP contribution in [0.25, 0.3) is 0 Å². The van der Waals surface area contributed by atoms with Crippen LogP contribution in [0.1, 0.15) is 59.1 Å². The fourth-order valence-corrected chi connectivity index (χ4v) is 2.85. The molecule has 1 rings (SSSR count). The molecule has 2 nitrogen and oxygen atoms in total. The highest BCUT2D eigenvalue weighted by Gasteiger charge is 2.24. The van der Waals surface area contributed by atoms with Crippen molar-refractivity contribution in [3.8, 4) is 0 Å². The first-order valence-electron chi connectivity index (χ1n) is 8.66. The fourth-order valence-electron chi connectivity index (χ4n) is 2.85. The molecule has 3 unspecified atom stereocenters. The standard InChI is InChI=1S/C19H34N2/c1-6-14-20-19(18-12-10-9-11-13-18)17(5)21(8-3)15-16(4)7-2/h9-13,16-17,19-20H,6-8,14-15H2,1-5H3. The van der Waals surface area contributed by atoms with E-state index in [2.05, 4.69) is 75.2 Å². The number of hydrogen-bond donors (Lipinski definition) is 1. The Morgan fingerprint density at radius 1 is 1.05 bits per heavy atom. The van der Waals surface area contributed by atoms with Gasteiger partial charge < -0.3 is 5.32 Å². The van der Waals surface area contributed by atoms with Gasteiger partial charge in [0.2, 0.25) is 0 Å². The molecule has 0 aliphatic rings. The van der Waals surface area contributed by atoms with E-state index in [0.29, 0.717) is 12.1 Å². The summed E-state index contributed by atoms with van der Waals surface area (Å²) in [7, 11) is 0. The van der Waals surface area contributed by atoms with E-state index in [0.717, 1.165) is 19.0 Å². The average Bonchev–Trinajstić information content (AvgIpc) is 2.53. The highest BCUT2D eigenvalue weighted by Crippen LogP contribution is 2.22. The summed E-state index contributed by atoms with van der Waals surface area (Å²) in [5.74, 6) is 0.759. The molecule has 0 aromatic heterocycles. The first-order chi connectivity index (χ1) is 10.1. The smallest absolute Gasteiger partial charge is 0.0475 e. The van der Waals surface area contributed by atoms with Crippen LogP contribution >= 0.6 is 0 Å². The topological polar surface area (TPSA) is 15.3 Å². The zero-order valence-corrected chi connectivity index (χ0v) is 14.6. The zero-order valence-electron chi connectivity index (χ0n) is 14.6. The molecule has 0 saturated heterocycles. The average molecular weight is 290 g/mol. The van der Waals surface area contributed by atoms with Crippen molar-refractivity contribution in [2.75, 3.05) is 19.6 Å². The van der Waals surface area contributed by atoms with Crippen molar-refractivity contribution in [2.45, 2.75) is 59.5 Å². The lowest BCUT2D eigenvalue weighted by molar-refractivity contribution is 0.154. The fraction of sp³-hybridized carbons (Fsp3) is 0.684. The van der Waals surface area contributed by atoms with Crippen LogP contribution < -0.4 is 5.32 Å². The molecule has 0 amide bonds. The van der Waals surface area contributed by atoms with Crippen LogP contribution in [-0.2, 0) is 0 Å². The Bertz CT molecular complexity index is 363. The Balaban J connectivity index is 2.84. The number of hydrogen-bond acceptors (Lipinski definition) is 2. The van der Waals surface area contributed by atoms with Crippen molar-refractivity contribution < 1.29 is 0 Å². The van der Waals surface area contributed by atoms with E-state index < -0.39 is 0 Å². The SMILES string of the molecule is CCCNC(c1ccccc1)C(C)N(CC)CC(C)CC. The molecule has 120 valence electrons. The molecular weight excluding hydrogens is 256 g/mol. The van der Waals surface area contributed by atoms with E-state index in [-0.39, 0.29) is 0 Å². The normalized spacial score (nSPS) is 15.9. The molecule has 0 bridgehead atoms.